The first-order valence-corrected chi connectivity index (χ1v) is 6.58. The van der Waals surface area contributed by atoms with Crippen LogP contribution in [-0.4, -0.2) is 11.1 Å². The van der Waals surface area contributed by atoms with Crippen LogP contribution in [0.15, 0.2) is 24.9 Å². The highest BCUT2D eigenvalue weighted by atomic mass is 16.5. The van der Waals surface area contributed by atoms with Gasteiger partial charge in [0.1, 0.15) is 6.10 Å². The molecule has 0 radical (unpaired) electrons. The molecule has 2 fully saturated rings. The van der Waals surface area contributed by atoms with Crippen LogP contribution in [0.2, 0.25) is 0 Å². The van der Waals surface area contributed by atoms with Crippen molar-refractivity contribution in [2.45, 2.75) is 38.2 Å². The van der Waals surface area contributed by atoms with Gasteiger partial charge in [-0.15, -0.1) is 0 Å². The van der Waals surface area contributed by atoms with E-state index in [1.165, 1.54) is 32.1 Å². The van der Waals surface area contributed by atoms with Gasteiger partial charge in [-0.25, -0.2) is 4.98 Å². The fraction of sp³-hybridized carbons (Fsp3) is 0.533. The van der Waals surface area contributed by atoms with Crippen LogP contribution in [0, 0.1) is 11.8 Å². The molecule has 0 saturated heterocycles. The molecule has 17 heavy (non-hydrogen) atoms. The summed E-state index contributed by atoms with van der Waals surface area (Å²) in [6.07, 6.45) is 10.7. The first kappa shape index (κ1) is 10.8. The van der Waals surface area contributed by atoms with Crippen molar-refractivity contribution in [3.05, 3.63) is 30.5 Å². The predicted molar refractivity (Wildman–Crippen MR) is 68.8 cm³/mol. The zero-order valence-corrected chi connectivity index (χ0v) is 10.1. The van der Waals surface area contributed by atoms with Gasteiger partial charge in [0.15, 0.2) is 0 Å². The lowest BCUT2D eigenvalue weighted by Crippen LogP contribution is -2.26. The Morgan fingerprint density at radius 1 is 1.24 bits per heavy atom. The first-order chi connectivity index (χ1) is 8.33. The zero-order valence-electron chi connectivity index (χ0n) is 10.1. The van der Waals surface area contributed by atoms with Crippen molar-refractivity contribution in [2.24, 2.45) is 11.8 Å². The van der Waals surface area contributed by atoms with E-state index in [2.05, 4.69) is 11.6 Å². The lowest BCUT2D eigenvalue weighted by atomic mass is 9.87. The van der Waals surface area contributed by atoms with E-state index < -0.39 is 0 Å². The largest absolute Gasteiger partial charge is 0.474 e. The van der Waals surface area contributed by atoms with E-state index >= 15 is 0 Å². The smallest absolute Gasteiger partial charge is 0.214 e. The van der Waals surface area contributed by atoms with E-state index in [1.54, 1.807) is 6.20 Å². The van der Waals surface area contributed by atoms with Crippen molar-refractivity contribution in [3.8, 4) is 5.88 Å². The van der Waals surface area contributed by atoms with Crippen LogP contribution < -0.4 is 4.74 Å². The molecule has 3 atom stereocenters. The number of hydrogen-bond acceptors (Lipinski definition) is 2. The SMILES string of the molecule is C=Cc1ccnc(O[C@@H]2C[C@@H]3CC[C@@H](C3)C2)c1. The van der Waals surface area contributed by atoms with Crippen molar-refractivity contribution in [1.82, 2.24) is 4.98 Å². The molecule has 0 unspecified atom stereocenters. The Hall–Kier alpha value is -1.31. The minimum atomic E-state index is 0.383. The second-order valence-corrected chi connectivity index (χ2v) is 5.39. The van der Waals surface area contributed by atoms with E-state index in [-0.39, 0.29) is 0 Å². The summed E-state index contributed by atoms with van der Waals surface area (Å²) < 4.78 is 6.02. The maximum atomic E-state index is 6.02. The van der Waals surface area contributed by atoms with Gasteiger partial charge in [0.25, 0.3) is 0 Å². The minimum Gasteiger partial charge on any atom is -0.474 e. The van der Waals surface area contributed by atoms with Gasteiger partial charge in [-0.3, -0.25) is 0 Å². The molecule has 2 aliphatic rings. The maximum Gasteiger partial charge on any atom is 0.214 e. The van der Waals surface area contributed by atoms with E-state index in [9.17, 15) is 0 Å². The molecular weight excluding hydrogens is 210 g/mol. The molecule has 90 valence electrons. The fourth-order valence-electron chi connectivity index (χ4n) is 3.33. The maximum absolute atomic E-state index is 6.02. The van der Waals surface area contributed by atoms with Crippen molar-refractivity contribution < 1.29 is 4.74 Å². The highest BCUT2D eigenvalue weighted by Crippen LogP contribution is 2.42. The number of aromatic nitrogens is 1. The Morgan fingerprint density at radius 2 is 2.00 bits per heavy atom. The van der Waals surface area contributed by atoms with Crippen molar-refractivity contribution >= 4 is 6.08 Å². The van der Waals surface area contributed by atoms with E-state index in [1.807, 2.05) is 18.2 Å². The average molecular weight is 229 g/mol. The highest BCUT2D eigenvalue weighted by molar-refractivity contribution is 5.47. The van der Waals surface area contributed by atoms with E-state index in [4.69, 9.17) is 4.74 Å². The van der Waals surface area contributed by atoms with Gasteiger partial charge >= 0.3 is 0 Å². The van der Waals surface area contributed by atoms with Gasteiger partial charge in [-0.05, 0) is 42.7 Å². The van der Waals surface area contributed by atoms with Crippen LogP contribution in [0.3, 0.4) is 0 Å². The number of nitrogens with zero attached hydrogens (tertiary/aromatic N) is 1. The summed E-state index contributed by atoms with van der Waals surface area (Å²) in [4.78, 5) is 4.28. The van der Waals surface area contributed by atoms with Gasteiger partial charge in [-0.2, -0.15) is 0 Å². The Kier molecular flexibility index (Phi) is 2.87. The highest BCUT2D eigenvalue weighted by Gasteiger charge is 2.35. The summed E-state index contributed by atoms with van der Waals surface area (Å²) in [5.41, 5.74) is 1.08. The van der Waals surface area contributed by atoms with E-state index in [0.29, 0.717) is 6.10 Å². The standard InChI is InChI=1S/C15H19NO/c1-2-11-5-6-16-15(10-11)17-14-8-12-3-4-13(7-12)9-14/h2,5-6,10,12-14H,1,3-4,7-9H2/t12-,13+,14-. The molecular formula is C15H19NO. The van der Waals surface area contributed by atoms with Gasteiger partial charge in [-0.1, -0.05) is 25.5 Å². The van der Waals surface area contributed by atoms with Gasteiger partial charge in [0.05, 0.1) is 0 Å². The zero-order chi connectivity index (χ0) is 11.7. The second kappa shape index (κ2) is 4.52. The first-order valence-electron chi connectivity index (χ1n) is 6.58. The third-order valence-corrected chi connectivity index (χ3v) is 4.12. The van der Waals surface area contributed by atoms with Gasteiger partial charge < -0.3 is 4.74 Å². The molecule has 2 bridgehead atoms. The Labute approximate surface area is 103 Å². The van der Waals surface area contributed by atoms with Crippen LogP contribution in [0.1, 0.15) is 37.7 Å². The van der Waals surface area contributed by atoms with Crippen LogP contribution in [0.4, 0.5) is 0 Å². The average Bonchev–Trinajstić information content (AvgIpc) is 2.69. The number of ether oxygens (including phenoxy) is 1. The molecule has 0 aliphatic heterocycles. The summed E-state index contributed by atoms with van der Waals surface area (Å²) in [6, 6.07) is 3.92. The topological polar surface area (TPSA) is 22.1 Å². The Balaban J connectivity index is 1.68. The summed E-state index contributed by atoms with van der Waals surface area (Å²) in [5.74, 6) is 2.57. The molecule has 1 aromatic heterocycles. The van der Waals surface area contributed by atoms with Crippen molar-refractivity contribution in [1.29, 1.82) is 0 Å². The van der Waals surface area contributed by atoms with Gasteiger partial charge in [0.2, 0.25) is 5.88 Å². The Morgan fingerprint density at radius 3 is 2.71 bits per heavy atom. The lowest BCUT2D eigenvalue weighted by molar-refractivity contribution is 0.114. The molecule has 2 aliphatic carbocycles. The molecule has 2 heteroatoms. The van der Waals surface area contributed by atoms with Crippen LogP contribution in [0.5, 0.6) is 5.88 Å². The molecule has 2 saturated carbocycles. The summed E-state index contributed by atoms with van der Waals surface area (Å²) in [5, 5.41) is 0. The molecule has 3 rings (SSSR count). The second-order valence-electron chi connectivity index (χ2n) is 5.39. The van der Waals surface area contributed by atoms with Crippen LogP contribution in [0.25, 0.3) is 6.08 Å². The molecule has 2 nitrogen and oxygen atoms in total. The number of hydrogen-bond donors (Lipinski definition) is 0. The molecule has 0 spiro atoms. The van der Waals surface area contributed by atoms with Crippen molar-refractivity contribution in [2.75, 3.05) is 0 Å². The number of rotatable bonds is 3. The molecule has 1 heterocycles. The van der Waals surface area contributed by atoms with E-state index in [0.717, 1.165) is 23.3 Å². The van der Waals surface area contributed by atoms with Gasteiger partial charge in [0, 0.05) is 12.3 Å². The lowest BCUT2D eigenvalue weighted by Gasteiger charge is -2.27. The van der Waals surface area contributed by atoms with Crippen molar-refractivity contribution in [3.63, 3.8) is 0 Å². The summed E-state index contributed by atoms with van der Waals surface area (Å²) in [7, 11) is 0. The summed E-state index contributed by atoms with van der Waals surface area (Å²) in [6.45, 7) is 3.77. The monoisotopic (exact) mass is 229 g/mol. The fourth-order valence-corrected chi connectivity index (χ4v) is 3.33. The molecule has 1 aromatic rings. The number of fused-ring (bicyclic) bond motifs is 2. The predicted octanol–water partition coefficient (Wildman–Crippen LogP) is 3.68. The molecule has 0 amide bonds. The quantitative estimate of drug-likeness (QED) is 0.788. The minimum absolute atomic E-state index is 0.383. The molecule has 0 aromatic carbocycles. The third kappa shape index (κ3) is 2.36. The number of pyridine rings is 1. The van der Waals surface area contributed by atoms with Crippen LogP contribution in [-0.2, 0) is 0 Å². The molecule has 0 N–H and O–H groups in total. The normalized spacial score (nSPS) is 31.2. The Bertz CT molecular complexity index is 403. The van der Waals surface area contributed by atoms with Crippen LogP contribution >= 0.6 is 0 Å². The third-order valence-electron chi connectivity index (χ3n) is 4.12. The summed E-state index contributed by atoms with van der Waals surface area (Å²) >= 11 is 0.